The number of aliphatic hydroxyl groups is 1. The molecule has 1 amide bonds. The largest absolute Gasteiger partial charge is 0.371 e. The zero-order valence-corrected chi connectivity index (χ0v) is 20.0. The molecule has 174 valence electrons. The summed E-state index contributed by atoms with van der Waals surface area (Å²) in [6.45, 7) is 2.42. The molecule has 0 radical (unpaired) electrons. The van der Waals surface area contributed by atoms with Crippen LogP contribution < -0.4 is 0 Å². The molecule has 3 aromatic rings. The highest BCUT2D eigenvalue weighted by atomic mass is 32.1. The summed E-state index contributed by atoms with van der Waals surface area (Å²) in [6, 6.07) is 17.4. The molecule has 0 bridgehead atoms. The Morgan fingerprint density at radius 2 is 1.79 bits per heavy atom. The molecule has 1 N–H and O–H groups in total. The number of hydrogen-bond acceptors (Lipinski definition) is 5. The van der Waals surface area contributed by atoms with E-state index in [2.05, 4.69) is 58.8 Å². The number of rotatable bonds is 5. The Balaban J connectivity index is 1.12. The van der Waals surface area contributed by atoms with Crippen molar-refractivity contribution in [3.8, 4) is 11.1 Å². The lowest BCUT2D eigenvalue weighted by Gasteiger charge is -2.29. The Labute approximate surface area is 203 Å². The standard InChI is InChI=1S/C28H29N3O2S/c32-26(21-5-6-21)30-13-9-18(16-30)17-31-25(29-28(11-12-28)27(31)33)20-3-1-19(2-4-20)22-7-8-24-23(15-22)10-14-34-24/h1-4,7-8,10,14-15,18,21,27,33H,5-6,9,11-13,16-17H2. The van der Waals surface area contributed by atoms with E-state index >= 15 is 0 Å². The molecule has 2 aliphatic carbocycles. The number of aliphatic imine (C=N–C) groups is 1. The summed E-state index contributed by atoms with van der Waals surface area (Å²) < 4.78 is 1.31. The smallest absolute Gasteiger partial charge is 0.225 e. The minimum atomic E-state index is -0.559. The fraction of sp³-hybridized carbons (Fsp3) is 0.429. The molecule has 2 aromatic carbocycles. The molecule has 34 heavy (non-hydrogen) atoms. The number of nitrogens with zero attached hydrogens (tertiary/aromatic N) is 3. The zero-order chi connectivity index (χ0) is 22.9. The molecule has 1 saturated heterocycles. The third kappa shape index (κ3) is 3.46. The molecule has 6 heteroatoms. The predicted octanol–water partition coefficient (Wildman–Crippen LogP) is 4.74. The average Bonchev–Trinajstić information content (AvgIpc) is 3.74. The Bertz CT molecular complexity index is 1290. The number of fused-ring (bicyclic) bond motifs is 1. The normalized spacial score (nSPS) is 25.4. The van der Waals surface area contributed by atoms with Crippen LogP contribution in [0.2, 0.25) is 0 Å². The second kappa shape index (κ2) is 7.65. The summed E-state index contributed by atoms with van der Waals surface area (Å²) >= 11 is 1.77. The Morgan fingerprint density at radius 1 is 1.03 bits per heavy atom. The number of amides is 1. The summed E-state index contributed by atoms with van der Waals surface area (Å²) in [4.78, 5) is 21.7. The van der Waals surface area contributed by atoms with Crippen molar-refractivity contribution in [2.75, 3.05) is 19.6 Å². The molecule has 7 rings (SSSR count). The van der Waals surface area contributed by atoms with Crippen LogP contribution >= 0.6 is 11.3 Å². The lowest BCUT2D eigenvalue weighted by atomic mass is 10.0. The first-order valence-corrected chi connectivity index (χ1v) is 13.4. The molecule has 3 heterocycles. The van der Waals surface area contributed by atoms with Gasteiger partial charge in [-0.2, -0.15) is 0 Å². The molecule has 2 aliphatic heterocycles. The summed E-state index contributed by atoms with van der Waals surface area (Å²) in [7, 11) is 0. The molecule has 3 fully saturated rings. The van der Waals surface area contributed by atoms with Crippen LogP contribution in [-0.4, -0.2) is 58.1 Å². The van der Waals surface area contributed by atoms with Crippen molar-refractivity contribution in [3.63, 3.8) is 0 Å². The summed E-state index contributed by atoms with van der Waals surface area (Å²) in [5.41, 5.74) is 3.15. The highest BCUT2D eigenvalue weighted by Crippen LogP contribution is 2.49. The van der Waals surface area contributed by atoms with Crippen molar-refractivity contribution in [3.05, 3.63) is 59.5 Å². The van der Waals surface area contributed by atoms with E-state index in [1.165, 1.54) is 21.2 Å². The molecule has 2 atom stereocenters. The van der Waals surface area contributed by atoms with E-state index in [4.69, 9.17) is 4.99 Å². The van der Waals surface area contributed by atoms with E-state index in [0.717, 1.165) is 63.1 Å². The van der Waals surface area contributed by atoms with Gasteiger partial charge in [-0.15, -0.1) is 11.3 Å². The van der Waals surface area contributed by atoms with Crippen molar-refractivity contribution < 1.29 is 9.90 Å². The van der Waals surface area contributed by atoms with E-state index in [1.54, 1.807) is 11.3 Å². The van der Waals surface area contributed by atoms with Gasteiger partial charge in [-0.05, 0) is 78.1 Å². The third-order valence-corrected chi connectivity index (χ3v) is 8.94. The van der Waals surface area contributed by atoms with Crippen molar-refractivity contribution in [1.82, 2.24) is 9.80 Å². The number of aliphatic hydroxyl groups excluding tert-OH is 1. The highest BCUT2D eigenvalue weighted by molar-refractivity contribution is 7.17. The molecular weight excluding hydrogens is 442 g/mol. The van der Waals surface area contributed by atoms with Crippen molar-refractivity contribution in [2.24, 2.45) is 16.8 Å². The zero-order valence-electron chi connectivity index (χ0n) is 19.2. The van der Waals surface area contributed by atoms with Gasteiger partial charge in [0, 0.05) is 35.8 Å². The minimum absolute atomic E-state index is 0.280. The molecule has 4 aliphatic rings. The first-order valence-electron chi connectivity index (χ1n) is 12.5. The molecule has 2 saturated carbocycles. The topological polar surface area (TPSA) is 56.1 Å². The highest BCUT2D eigenvalue weighted by Gasteiger charge is 2.57. The van der Waals surface area contributed by atoms with E-state index in [1.807, 2.05) is 4.90 Å². The number of likely N-dealkylation sites (tertiary alicyclic amines) is 1. The van der Waals surface area contributed by atoms with E-state index in [-0.39, 0.29) is 11.5 Å². The van der Waals surface area contributed by atoms with Crippen LogP contribution in [0, 0.1) is 11.8 Å². The quantitative estimate of drug-likeness (QED) is 0.585. The lowest BCUT2D eigenvalue weighted by Crippen LogP contribution is -2.44. The molecule has 5 nitrogen and oxygen atoms in total. The summed E-state index contributed by atoms with van der Waals surface area (Å²) in [6.07, 6.45) is 4.46. The van der Waals surface area contributed by atoms with Crippen LogP contribution in [0.1, 0.15) is 37.7 Å². The predicted molar refractivity (Wildman–Crippen MR) is 136 cm³/mol. The van der Waals surface area contributed by atoms with Crippen molar-refractivity contribution in [2.45, 2.75) is 43.9 Å². The second-order valence-electron chi connectivity index (χ2n) is 10.5. The van der Waals surface area contributed by atoms with Crippen LogP contribution in [0.4, 0.5) is 0 Å². The molecule has 2 unspecified atom stereocenters. The van der Waals surface area contributed by atoms with E-state index in [0.29, 0.717) is 11.8 Å². The third-order valence-electron chi connectivity index (χ3n) is 8.05. The van der Waals surface area contributed by atoms with Crippen molar-refractivity contribution >= 4 is 33.2 Å². The second-order valence-corrected chi connectivity index (χ2v) is 11.5. The number of benzene rings is 2. The van der Waals surface area contributed by atoms with Gasteiger partial charge in [0.15, 0.2) is 6.23 Å². The number of thiophene rings is 1. The van der Waals surface area contributed by atoms with Gasteiger partial charge in [-0.25, -0.2) is 0 Å². The average molecular weight is 472 g/mol. The molecule has 1 aromatic heterocycles. The number of carbonyl (C=O) groups excluding carboxylic acids is 1. The van der Waals surface area contributed by atoms with Crippen molar-refractivity contribution in [1.29, 1.82) is 0 Å². The number of amidine groups is 1. The van der Waals surface area contributed by atoms with Gasteiger partial charge in [-0.1, -0.05) is 30.3 Å². The van der Waals surface area contributed by atoms with Gasteiger partial charge in [-0.3, -0.25) is 9.79 Å². The number of hydrogen-bond donors (Lipinski definition) is 1. The minimum Gasteiger partial charge on any atom is -0.371 e. The fourth-order valence-corrected chi connectivity index (χ4v) is 6.43. The van der Waals surface area contributed by atoms with Gasteiger partial charge < -0.3 is 14.9 Å². The van der Waals surface area contributed by atoms with Gasteiger partial charge in [0.25, 0.3) is 0 Å². The maximum atomic E-state index is 12.5. The first-order chi connectivity index (χ1) is 16.6. The lowest BCUT2D eigenvalue weighted by molar-refractivity contribution is -0.131. The van der Waals surface area contributed by atoms with Crippen LogP contribution in [0.15, 0.2) is 58.9 Å². The maximum Gasteiger partial charge on any atom is 0.225 e. The van der Waals surface area contributed by atoms with Crippen LogP contribution in [0.5, 0.6) is 0 Å². The Kier molecular flexibility index (Phi) is 4.65. The summed E-state index contributed by atoms with van der Waals surface area (Å²) in [5.74, 6) is 1.92. The monoisotopic (exact) mass is 471 g/mol. The number of carbonyl (C=O) groups is 1. The Hall–Kier alpha value is -2.70. The van der Waals surface area contributed by atoms with E-state index in [9.17, 15) is 9.90 Å². The van der Waals surface area contributed by atoms with Crippen LogP contribution in [0.3, 0.4) is 0 Å². The van der Waals surface area contributed by atoms with Gasteiger partial charge in [0.2, 0.25) is 5.91 Å². The van der Waals surface area contributed by atoms with Crippen LogP contribution in [0.25, 0.3) is 21.2 Å². The summed E-state index contributed by atoms with van der Waals surface area (Å²) in [5, 5.41) is 14.6. The maximum absolute atomic E-state index is 12.5. The molecular formula is C28H29N3O2S. The van der Waals surface area contributed by atoms with Gasteiger partial charge in [0.1, 0.15) is 11.4 Å². The Morgan fingerprint density at radius 3 is 2.56 bits per heavy atom. The SMILES string of the molecule is O=C(C1CC1)N1CCC(CN2C(c3ccc(-c4ccc5sccc5c4)cc3)=NC3(CC3)C2O)C1. The van der Waals surface area contributed by atoms with E-state index < -0.39 is 6.23 Å². The van der Waals surface area contributed by atoms with Gasteiger partial charge in [0.05, 0.1) is 0 Å². The fourth-order valence-electron chi connectivity index (χ4n) is 5.66. The first kappa shape index (κ1) is 20.7. The van der Waals surface area contributed by atoms with Gasteiger partial charge >= 0.3 is 0 Å². The van der Waals surface area contributed by atoms with Crippen LogP contribution in [-0.2, 0) is 4.79 Å². The molecule has 1 spiro atoms.